The van der Waals surface area contributed by atoms with Crippen LogP contribution in [0.5, 0.6) is 0 Å². The Labute approximate surface area is 188 Å². The number of carbonyl (C=O) groups excluding carboxylic acids is 1. The maximum Gasteiger partial charge on any atom is 0.318 e. The summed E-state index contributed by atoms with van der Waals surface area (Å²) < 4.78 is 11.1. The van der Waals surface area contributed by atoms with Gasteiger partial charge in [0.15, 0.2) is 5.82 Å². The molecule has 32 heavy (non-hydrogen) atoms. The predicted octanol–water partition coefficient (Wildman–Crippen LogP) is 1.88. The molecular formula is C23H30N6O3. The van der Waals surface area contributed by atoms with E-state index < -0.39 is 0 Å². The maximum atomic E-state index is 11.6. The average molecular weight is 439 g/mol. The zero-order valence-corrected chi connectivity index (χ0v) is 18.6. The molecule has 2 saturated heterocycles. The topological polar surface area (TPSA) is 91.9 Å². The second kappa shape index (κ2) is 9.01. The van der Waals surface area contributed by atoms with Gasteiger partial charge in [-0.15, -0.1) is 0 Å². The van der Waals surface area contributed by atoms with Crippen molar-refractivity contribution in [3.8, 4) is 11.4 Å². The first-order valence-electron chi connectivity index (χ1n) is 11.3. The van der Waals surface area contributed by atoms with E-state index in [-0.39, 0.29) is 12.1 Å². The minimum atomic E-state index is -0.244. The monoisotopic (exact) mass is 438 g/mol. The van der Waals surface area contributed by atoms with E-state index in [1.807, 2.05) is 24.3 Å². The third kappa shape index (κ3) is 4.15. The smallest absolute Gasteiger partial charge is 0.318 e. The summed E-state index contributed by atoms with van der Waals surface area (Å²) in [6.45, 7) is 7.88. The number of hydrogen-bond acceptors (Lipinski definition) is 7. The first kappa shape index (κ1) is 21.1. The molecule has 1 atom stereocenters. The molecule has 4 heterocycles. The Morgan fingerprint density at radius 2 is 1.91 bits per heavy atom. The number of aromatic nitrogens is 2. The molecule has 0 aliphatic carbocycles. The van der Waals surface area contributed by atoms with Crippen molar-refractivity contribution in [3.63, 3.8) is 0 Å². The quantitative estimate of drug-likeness (QED) is 0.753. The molecule has 9 nitrogen and oxygen atoms in total. The molecule has 2 fully saturated rings. The van der Waals surface area contributed by atoms with Crippen molar-refractivity contribution in [2.75, 3.05) is 56.8 Å². The third-order valence-corrected chi connectivity index (χ3v) is 6.48. The largest absolute Gasteiger partial charge is 0.378 e. The highest BCUT2D eigenvalue weighted by atomic mass is 16.5. The van der Waals surface area contributed by atoms with E-state index in [1.165, 1.54) is 5.56 Å². The highest BCUT2D eigenvalue weighted by molar-refractivity contribution is 5.89. The summed E-state index contributed by atoms with van der Waals surface area (Å²) in [5.74, 6) is 1.76. The van der Waals surface area contributed by atoms with Gasteiger partial charge in [0.05, 0.1) is 44.2 Å². The van der Waals surface area contributed by atoms with E-state index in [2.05, 4.69) is 27.4 Å². The van der Waals surface area contributed by atoms with Gasteiger partial charge < -0.3 is 25.0 Å². The van der Waals surface area contributed by atoms with E-state index >= 15 is 0 Å². The molecule has 0 spiro atoms. The fourth-order valence-electron chi connectivity index (χ4n) is 4.48. The summed E-state index contributed by atoms with van der Waals surface area (Å²) in [7, 11) is 1.60. The number of anilines is 2. The van der Waals surface area contributed by atoms with Crippen molar-refractivity contribution in [3.05, 3.63) is 35.5 Å². The van der Waals surface area contributed by atoms with Gasteiger partial charge in [-0.3, -0.25) is 4.90 Å². The van der Waals surface area contributed by atoms with Gasteiger partial charge in [-0.1, -0.05) is 0 Å². The molecule has 0 bridgehead atoms. The van der Waals surface area contributed by atoms with Gasteiger partial charge >= 0.3 is 6.03 Å². The first-order chi connectivity index (χ1) is 15.6. The molecule has 2 aromatic rings. The second-order valence-corrected chi connectivity index (χ2v) is 8.61. The zero-order valence-electron chi connectivity index (χ0n) is 18.6. The molecule has 5 rings (SSSR count). The van der Waals surface area contributed by atoms with Crippen LogP contribution in [0.4, 0.5) is 16.3 Å². The van der Waals surface area contributed by atoms with Crippen LogP contribution in [0, 0.1) is 0 Å². The van der Waals surface area contributed by atoms with Crippen LogP contribution in [0.1, 0.15) is 18.2 Å². The zero-order chi connectivity index (χ0) is 22.1. The fourth-order valence-corrected chi connectivity index (χ4v) is 4.48. The van der Waals surface area contributed by atoms with Crippen molar-refractivity contribution in [2.24, 2.45) is 0 Å². The van der Waals surface area contributed by atoms with Crippen molar-refractivity contribution < 1.29 is 14.3 Å². The van der Waals surface area contributed by atoms with Crippen molar-refractivity contribution in [1.82, 2.24) is 20.2 Å². The molecule has 2 amide bonds. The minimum absolute atomic E-state index is 0.244. The summed E-state index contributed by atoms with van der Waals surface area (Å²) in [6, 6.07) is 8.19. The molecule has 3 aliphatic rings. The summed E-state index contributed by atoms with van der Waals surface area (Å²) in [4.78, 5) is 26.5. The lowest BCUT2D eigenvalue weighted by atomic mass is 10.0. The van der Waals surface area contributed by atoms with Gasteiger partial charge in [0.1, 0.15) is 5.82 Å². The number of fused-ring (bicyclic) bond motifs is 1. The number of urea groups is 1. The molecule has 1 aromatic heterocycles. The lowest BCUT2D eigenvalue weighted by Crippen LogP contribution is -2.51. The van der Waals surface area contributed by atoms with Crippen LogP contribution in [-0.2, 0) is 22.4 Å². The number of ether oxygens (including phenoxy) is 2. The van der Waals surface area contributed by atoms with E-state index in [4.69, 9.17) is 19.4 Å². The molecule has 3 aliphatic heterocycles. The molecular weight excluding hydrogens is 408 g/mol. The Balaban J connectivity index is 1.49. The van der Waals surface area contributed by atoms with Crippen LogP contribution in [0.3, 0.4) is 0 Å². The Hall–Kier alpha value is -2.75. The number of morpholine rings is 1. The van der Waals surface area contributed by atoms with Crippen molar-refractivity contribution >= 4 is 17.5 Å². The summed E-state index contributed by atoms with van der Waals surface area (Å²) in [6.07, 6.45) is 0.945. The number of benzene rings is 1. The predicted molar refractivity (Wildman–Crippen MR) is 122 cm³/mol. The Kier molecular flexibility index (Phi) is 5.95. The third-order valence-electron chi connectivity index (χ3n) is 6.48. The van der Waals surface area contributed by atoms with E-state index in [0.717, 1.165) is 67.9 Å². The van der Waals surface area contributed by atoms with Crippen LogP contribution in [0.2, 0.25) is 0 Å². The molecule has 2 N–H and O–H groups in total. The highest BCUT2D eigenvalue weighted by Gasteiger charge is 2.33. The highest BCUT2D eigenvalue weighted by Crippen LogP contribution is 2.32. The average Bonchev–Trinajstić information content (AvgIpc) is 2.78. The van der Waals surface area contributed by atoms with Gasteiger partial charge in [-0.2, -0.15) is 0 Å². The van der Waals surface area contributed by atoms with Gasteiger partial charge in [-0.25, -0.2) is 14.8 Å². The van der Waals surface area contributed by atoms with Gasteiger partial charge in [0.25, 0.3) is 0 Å². The van der Waals surface area contributed by atoms with Gasteiger partial charge in [0, 0.05) is 43.5 Å². The standard InChI is InChI=1S/C23H30N6O3/c1-15-12-31-10-9-29(15)22-19-7-8-28(18-13-32-14-18)11-20(19)26-21(27-22)16-3-5-17(6-4-16)25-23(30)24-2/h3-6,15,18H,7-14H2,1-2H3,(H2,24,25,30)/t15-/m0/s1. The minimum Gasteiger partial charge on any atom is -0.378 e. The fraction of sp³-hybridized carbons (Fsp3) is 0.522. The Morgan fingerprint density at radius 3 is 2.59 bits per heavy atom. The summed E-state index contributed by atoms with van der Waals surface area (Å²) in [5.41, 5.74) is 4.03. The maximum absolute atomic E-state index is 11.6. The van der Waals surface area contributed by atoms with E-state index in [9.17, 15) is 4.79 Å². The summed E-state index contributed by atoms with van der Waals surface area (Å²) >= 11 is 0. The van der Waals surface area contributed by atoms with Crippen LogP contribution in [0.25, 0.3) is 11.4 Å². The van der Waals surface area contributed by atoms with E-state index in [1.54, 1.807) is 7.05 Å². The van der Waals surface area contributed by atoms with Crippen LogP contribution in [-0.4, -0.2) is 79.5 Å². The molecule has 170 valence electrons. The van der Waals surface area contributed by atoms with Gasteiger partial charge in [-0.05, 0) is 37.6 Å². The lowest BCUT2D eigenvalue weighted by Gasteiger charge is -2.41. The normalized spacial score (nSPS) is 21.6. The number of rotatable bonds is 4. The SMILES string of the molecule is CNC(=O)Nc1ccc(-c2nc3c(c(N4CCOC[C@@H]4C)n2)CCN(C2COC2)C3)cc1. The second-order valence-electron chi connectivity index (χ2n) is 8.61. The number of amides is 2. The molecule has 1 aromatic carbocycles. The summed E-state index contributed by atoms with van der Waals surface area (Å²) in [5, 5.41) is 5.35. The van der Waals surface area contributed by atoms with Gasteiger partial charge in [0.2, 0.25) is 0 Å². The lowest BCUT2D eigenvalue weighted by molar-refractivity contribution is -0.0699. The number of hydrogen-bond donors (Lipinski definition) is 2. The first-order valence-corrected chi connectivity index (χ1v) is 11.3. The Bertz CT molecular complexity index is 978. The number of nitrogens with zero attached hydrogens (tertiary/aromatic N) is 4. The molecule has 0 radical (unpaired) electrons. The van der Waals surface area contributed by atoms with Crippen LogP contribution >= 0.6 is 0 Å². The molecule has 0 unspecified atom stereocenters. The van der Waals surface area contributed by atoms with Crippen LogP contribution < -0.4 is 15.5 Å². The number of carbonyl (C=O) groups is 1. The van der Waals surface area contributed by atoms with Crippen LogP contribution in [0.15, 0.2) is 24.3 Å². The van der Waals surface area contributed by atoms with Crippen molar-refractivity contribution in [2.45, 2.75) is 32.0 Å². The van der Waals surface area contributed by atoms with Crippen molar-refractivity contribution in [1.29, 1.82) is 0 Å². The van der Waals surface area contributed by atoms with E-state index in [0.29, 0.717) is 19.3 Å². The molecule has 0 saturated carbocycles. The molecule has 9 heteroatoms. The Morgan fingerprint density at radius 1 is 1.09 bits per heavy atom. The number of nitrogens with one attached hydrogen (secondary N) is 2.